The third-order valence-corrected chi connectivity index (χ3v) is 5.45. The van der Waals surface area contributed by atoms with E-state index in [9.17, 15) is 9.18 Å². The van der Waals surface area contributed by atoms with E-state index in [0.717, 1.165) is 37.3 Å². The van der Waals surface area contributed by atoms with Gasteiger partial charge in [-0.15, -0.1) is 11.3 Å². The van der Waals surface area contributed by atoms with E-state index in [1.165, 1.54) is 35.6 Å². The van der Waals surface area contributed by atoms with Crippen LogP contribution in [0.5, 0.6) is 0 Å². The molecule has 1 saturated heterocycles. The number of carbonyl (C=O) groups excluding carboxylic acids is 1. The molecule has 6 nitrogen and oxygen atoms in total. The van der Waals surface area contributed by atoms with E-state index in [1.54, 1.807) is 0 Å². The first-order valence-electron chi connectivity index (χ1n) is 8.82. The highest BCUT2D eigenvalue weighted by Gasteiger charge is 2.28. The summed E-state index contributed by atoms with van der Waals surface area (Å²) in [7, 11) is 1.97. The molecule has 1 N–H and O–H groups in total. The Labute approximate surface area is 160 Å². The number of imidazole rings is 1. The molecule has 0 bridgehead atoms. The van der Waals surface area contributed by atoms with E-state index in [1.807, 2.05) is 29.5 Å². The lowest BCUT2D eigenvalue weighted by Gasteiger charge is -2.21. The molecule has 1 aromatic carbocycles. The molecule has 8 heteroatoms. The van der Waals surface area contributed by atoms with Crippen molar-refractivity contribution in [2.75, 3.05) is 11.9 Å². The van der Waals surface area contributed by atoms with Gasteiger partial charge in [-0.05, 0) is 43.7 Å². The maximum Gasteiger partial charge on any atom is 0.257 e. The molecule has 140 valence electrons. The molecule has 3 heterocycles. The number of benzene rings is 1. The first-order valence-corrected chi connectivity index (χ1v) is 9.70. The van der Waals surface area contributed by atoms with Crippen LogP contribution in [-0.4, -0.2) is 31.9 Å². The van der Waals surface area contributed by atoms with Crippen molar-refractivity contribution in [3.05, 3.63) is 64.9 Å². The Balaban J connectivity index is 1.43. The van der Waals surface area contributed by atoms with Crippen LogP contribution in [0.4, 0.5) is 9.52 Å². The topological polar surface area (TPSA) is 63.1 Å². The van der Waals surface area contributed by atoms with Gasteiger partial charge in [-0.1, -0.05) is 0 Å². The molecule has 27 heavy (non-hydrogen) atoms. The summed E-state index contributed by atoms with van der Waals surface area (Å²) in [5.74, 6) is -0.648. The van der Waals surface area contributed by atoms with Gasteiger partial charge in [-0.3, -0.25) is 15.0 Å². The largest absolute Gasteiger partial charge is 0.340 e. The van der Waals surface area contributed by atoms with Crippen LogP contribution in [0.25, 0.3) is 0 Å². The zero-order chi connectivity index (χ0) is 18.8. The van der Waals surface area contributed by atoms with Crippen LogP contribution in [0.2, 0.25) is 0 Å². The van der Waals surface area contributed by atoms with E-state index in [2.05, 4.69) is 20.2 Å². The van der Waals surface area contributed by atoms with Gasteiger partial charge >= 0.3 is 0 Å². The first kappa shape index (κ1) is 17.8. The first-order chi connectivity index (χ1) is 13.1. The van der Waals surface area contributed by atoms with E-state index in [0.29, 0.717) is 10.7 Å². The van der Waals surface area contributed by atoms with Gasteiger partial charge in [0.1, 0.15) is 5.82 Å². The smallest absolute Gasteiger partial charge is 0.257 e. The number of hydrogen-bond donors (Lipinski definition) is 1. The predicted molar refractivity (Wildman–Crippen MR) is 102 cm³/mol. The number of nitrogens with one attached hydrogen (secondary N) is 1. The molecule has 1 fully saturated rings. The van der Waals surface area contributed by atoms with Crippen LogP contribution >= 0.6 is 11.3 Å². The Morgan fingerprint density at radius 2 is 2.19 bits per heavy atom. The van der Waals surface area contributed by atoms with Gasteiger partial charge in [0, 0.05) is 30.7 Å². The molecular weight excluding hydrogens is 365 g/mol. The standard InChI is InChI=1S/C19H20FN5OS/c1-24-9-15(21-12-24)10-25-8-2-3-17(25)16-11-27-19(22-16)23-18(26)13-4-6-14(20)7-5-13/h4-7,9,11-12,17H,2-3,8,10H2,1H3,(H,22,23,26)/t17-/m1/s1. The van der Waals surface area contributed by atoms with E-state index in [4.69, 9.17) is 0 Å². The quantitative estimate of drug-likeness (QED) is 0.729. The lowest BCUT2D eigenvalue weighted by atomic mass is 10.1. The van der Waals surface area contributed by atoms with Gasteiger partial charge in [0.25, 0.3) is 5.91 Å². The number of carbonyl (C=O) groups is 1. The average molecular weight is 385 g/mol. The van der Waals surface area contributed by atoms with E-state index < -0.39 is 0 Å². The number of aromatic nitrogens is 3. The van der Waals surface area contributed by atoms with Crippen LogP contribution in [0.3, 0.4) is 0 Å². The Hall–Kier alpha value is -2.58. The summed E-state index contributed by atoms with van der Waals surface area (Å²) < 4.78 is 14.9. The van der Waals surface area contributed by atoms with Crippen LogP contribution in [0, 0.1) is 5.82 Å². The van der Waals surface area contributed by atoms with Crippen molar-refractivity contribution in [3.8, 4) is 0 Å². The fraction of sp³-hybridized carbons (Fsp3) is 0.316. The molecule has 0 saturated carbocycles. The molecule has 0 aliphatic carbocycles. The Morgan fingerprint density at radius 1 is 1.37 bits per heavy atom. The van der Waals surface area contributed by atoms with Gasteiger partial charge in [-0.25, -0.2) is 14.4 Å². The number of nitrogens with zero attached hydrogens (tertiary/aromatic N) is 4. The van der Waals surface area contributed by atoms with Crippen molar-refractivity contribution >= 4 is 22.4 Å². The van der Waals surface area contributed by atoms with Crippen LogP contribution in [0.1, 0.15) is 40.6 Å². The molecule has 4 rings (SSSR count). The number of thiazole rings is 1. The second-order valence-corrected chi connectivity index (χ2v) is 7.56. The van der Waals surface area contributed by atoms with Gasteiger partial charge in [0.15, 0.2) is 5.13 Å². The highest BCUT2D eigenvalue weighted by atomic mass is 32.1. The molecule has 3 aromatic rings. The third kappa shape index (κ3) is 4.06. The molecule has 1 aliphatic heterocycles. The number of hydrogen-bond acceptors (Lipinski definition) is 5. The number of halogens is 1. The van der Waals surface area contributed by atoms with Crippen molar-refractivity contribution in [1.82, 2.24) is 19.4 Å². The van der Waals surface area contributed by atoms with Gasteiger partial charge in [0.05, 0.1) is 23.8 Å². The van der Waals surface area contributed by atoms with Gasteiger partial charge in [0.2, 0.25) is 0 Å². The average Bonchev–Trinajstić information content (AvgIpc) is 3.37. The normalized spacial score (nSPS) is 17.3. The predicted octanol–water partition coefficient (Wildman–Crippen LogP) is 3.61. The number of amides is 1. The van der Waals surface area contributed by atoms with Crippen LogP contribution < -0.4 is 5.32 Å². The molecule has 1 atom stereocenters. The summed E-state index contributed by atoms with van der Waals surface area (Å²) in [6, 6.07) is 5.71. The summed E-state index contributed by atoms with van der Waals surface area (Å²) in [5, 5.41) is 5.36. The van der Waals surface area contributed by atoms with Crippen LogP contribution in [-0.2, 0) is 13.6 Å². The van der Waals surface area contributed by atoms with E-state index in [-0.39, 0.29) is 17.8 Å². The van der Waals surface area contributed by atoms with E-state index >= 15 is 0 Å². The Morgan fingerprint density at radius 3 is 2.93 bits per heavy atom. The molecule has 1 amide bonds. The maximum absolute atomic E-state index is 13.0. The van der Waals surface area contributed by atoms with Gasteiger partial charge in [-0.2, -0.15) is 0 Å². The molecule has 0 spiro atoms. The molecule has 1 aliphatic rings. The van der Waals surface area contributed by atoms with Crippen molar-refractivity contribution in [2.45, 2.75) is 25.4 Å². The number of anilines is 1. The number of aryl methyl sites for hydroxylation is 1. The number of rotatable bonds is 5. The highest BCUT2D eigenvalue weighted by molar-refractivity contribution is 7.14. The van der Waals surface area contributed by atoms with Crippen LogP contribution in [0.15, 0.2) is 42.2 Å². The fourth-order valence-electron chi connectivity index (χ4n) is 3.37. The summed E-state index contributed by atoms with van der Waals surface area (Å²) in [4.78, 5) is 23.7. The lowest BCUT2D eigenvalue weighted by Crippen LogP contribution is -2.23. The maximum atomic E-state index is 13.0. The van der Waals surface area contributed by atoms with Crippen molar-refractivity contribution in [1.29, 1.82) is 0 Å². The minimum absolute atomic E-state index is 0.236. The minimum atomic E-state index is -0.364. The monoisotopic (exact) mass is 385 g/mol. The van der Waals surface area contributed by atoms with Crippen molar-refractivity contribution < 1.29 is 9.18 Å². The van der Waals surface area contributed by atoms with Gasteiger partial charge < -0.3 is 4.57 Å². The SMILES string of the molecule is Cn1cnc(CN2CCC[C@@H]2c2csc(NC(=O)c3ccc(F)cc3)n2)c1. The molecule has 0 unspecified atom stereocenters. The summed E-state index contributed by atoms with van der Waals surface area (Å²) in [5.41, 5.74) is 2.43. The second kappa shape index (κ2) is 7.58. The summed E-state index contributed by atoms with van der Waals surface area (Å²) >= 11 is 1.41. The van der Waals surface area contributed by atoms with Crippen molar-refractivity contribution in [3.63, 3.8) is 0 Å². The third-order valence-electron chi connectivity index (χ3n) is 4.68. The molecule has 2 aromatic heterocycles. The Kier molecular flexibility index (Phi) is 5.00. The lowest BCUT2D eigenvalue weighted by molar-refractivity contribution is 0.102. The highest BCUT2D eigenvalue weighted by Crippen LogP contribution is 2.34. The number of likely N-dealkylation sites (tertiary alicyclic amines) is 1. The summed E-state index contributed by atoms with van der Waals surface area (Å²) in [6.07, 6.45) is 6.01. The minimum Gasteiger partial charge on any atom is -0.340 e. The molecular formula is C19H20FN5OS. The van der Waals surface area contributed by atoms with Crippen molar-refractivity contribution in [2.24, 2.45) is 7.05 Å². The summed E-state index contributed by atoms with van der Waals surface area (Å²) in [6.45, 7) is 1.80. The zero-order valence-corrected chi connectivity index (χ0v) is 15.7. The Bertz CT molecular complexity index is 936. The second-order valence-electron chi connectivity index (χ2n) is 6.70. The zero-order valence-electron chi connectivity index (χ0n) is 14.9. The molecule has 0 radical (unpaired) electrons. The fourth-order valence-corrected chi connectivity index (χ4v) is 4.13.